The molecule has 2 N–H and O–H groups in total. The molecule has 0 bridgehead atoms. The average Bonchev–Trinajstić information content (AvgIpc) is 2.86. The first-order chi connectivity index (χ1) is 16.5. The summed E-state index contributed by atoms with van der Waals surface area (Å²) < 4.78 is 10.8. The maximum atomic E-state index is 13.0. The van der Waals surface area contributed by atoms with Gasteiger partial charge in [-0.2, -0.15) is 0 Å². The van der Waals surface area contributed by atoms with E-state index in [0.29, 0.717) is 42.8 Å². The first kappa shape index (κ1) is 23.0. The van der Waals surface area contributed by atoms with E-state index in [-0.39, 0.29) is 30.2 Å². The highest BCUT2D eigenvalue weighted by Crippen LogP contribution is 2.31. The van der Waals surface area contributed by atoms with Crippen molar-refractivity contribution in [3.05, 3.63) is 71.4 Å². The normalized spacial score (nSPS) is 13.6. The second kappa shape index (κ2) is 10.2. The van der Waals surface area contributed by atoms with E-state index in [1.165, 1.54) is 7.11 Å². The fourth-order valence-electron chi connectivity index (χ4n) is 4.03. The lowest BCUT2D eigenvalue weighted by molar-refractivity contribution is -0.132. The van der Waals surface area contributed by atoms with E-state index in [0.717, 1.165) is 5.56 Å². The van der Waals surface area contributed by atoms with Crippen molar-refractivity contribution >= 4 is 28.8 Å². The van der Waals surface area contributed by atoms with E-state index in [2.05, 4.69) is 4.98 Å². The van der Waals surface area contributed by atoms with Gasteiger partial charge < -0.3 is 25.0 Å². The molecule has 1 fully saturated rings. The summed E-state index contributed by atoms with van der Waals surface area (Å²) in [5.74, 6) is -0.597. The van der Waals surface area contributed by atoms with Crippen molar-refractivity contribution in [2.45, 2.75) is 13.0 Å². The Morgan fingerprint density at radius 1 is 0.941 bits per heavy atom. The van der Waals surface area contributed by atoms with E-state index >= 15 is 0 Å². The molecule has 0 unspecified atom stereocenters. The van der Waals surface area contributed by atoms with Crippen LogP contribution in [0.5, 0.6) is 5.75 Å². The van der Waals surface area contributed by atoms with Crippen LogP contribution in [0.15, 0.2) is 54.6 Å². The van der Waals surface area contributed by atoms with E-state index in [9.17, 15) is 14.4 Å². The van der Waals surface area contributed by atoms with Crippen molar-refractivity contribution in [1.82, 2.24) is 14.8 Å². The number of methoxy groups -OCH3 is 1. The summed E-state index contributed by atoms with van der Waals surface area (Å²) in [6.07, 6.45) is -0.509. The summed E-state index contributed by atoms with van der Waals surface area (Å²) >= 11 is 0. The summed E-state index contributed by atoms with van der Waals surface area (Å²) in [7, 11) is 1.45. The number of piperazine rings is 1. The van der Waals surface area contributed by atoms with Crippen molar-refractivity contribution in [2.75, 3.05) is 33.3 Å². The molecule has 9 nitrogen and oxygen atoms in total. The number of hydrogen-bond donors (Lipinski definition) is 1. The molecule has 1 saturated heterocycles. The molecule has 1 aromatic heterocycles. The number of nitrogens with zero attached hydrogens (tertiary/aromatic N) is 3. The van der Waals surface area contributed by atoms with Crippen LogP contribution < -0.4 is 10.5 Å². The molecule has 1 aliphatic heterocycles. The van der Waals surface area contributed by atoms with Crippen molar-refractivity contribution in [3.63, 3.8) is 0 Å². The van der Waals surface area contributed by atoms with Crippen LogP contribution in [0.2, 0.25) is 0 Å². The lowest BCUT2D eigenvalue weighted by Gasteiger charge is -2.34. The van der Waals surface area contributed by atoms with Crippen LogP contribution in [-0.4, -0.2) is 66.0 Å². The molecule has 4 rings (SSSR count). The molecule has 0 spiro atoms. The molecular formula is C25H26N4O5. The molecule has 3 amide bonds. The Morgan fingerprint density at radius 2 is 1.59 bits per heavy atom. The average molecular weight is 463 g/mol. The van der Waals surface area contributed by atoms with Gasteiger partial charge in [-0.15, -0.1) is 0 Å². The highest BCUT2D eigenvalue weighted by Gasteiger charge is 2.28. The zero-order valence-electron chi connectivity index (χ0n) is 18.9. The molecule has 176 valence electrons. The van der Waals surface area contributed by atoms with E-state index in [1.807, 2.05) is 42.5 Å². The molecule has 2 aromatic carbocycles. The molecule has 9 heteroatoms. The van der Waals surface area contributed by atoms with Crippen molar-refractivity contribution in [2.24, 2.45) is 5.73 Å². The van der Waals surface area contributed by atoms with Gasteiger partial charge in [0.1, 0.15) is 17.9 Å². The molecular weight excluding hydrogens is 436 g/mol. The number of nitrogens with two attached hydrogens (primary N) is 1. The molecule has 1 aliphatic rings. The Labute approximate surface area is 197 Å². The third-order valence-corrected chi connectivity index (χ3v) is 5.78. The number of aromatic nitrogens is 1. The second-order valence-corrected chi connectivity index (χ2v) is 7.93. The van der Waals surface area contributed by atoms with Gasteiger partial charge in [0.05, 0.1) is 24.7 Å². The molecule has 0 saturated carbocycles. The van der Waals surface area contributed by atoms with Crippen molar-refractivity contribution in [1.29, 1.82) is 0 Å². The van der Waals surface area contributed by atoms with Crippen molar-refractivity contribution < 1.29 is 23.9 Å². The fourth-order valence-corrected chi connectivity index (χ4v) is 4.03. The van der Waals surface area contributed by atoms with Crippen LogP contribution in [0.3, 0.4) is 0 Å². The van der Waals surface area contributed by atoms with E-state index < -0.39 is 12.0 Å². The molecule has 0 aliphatic carbocycles. The molecule has 3 aromatic rings. The van der Waals surface area contributed by atoms with Crippen LogP contribution in [0.4, 0.5) is 4.79 Å². The third-order valence-electron chi connectivity index (χ3n) is 5.78. The molecule has 0 radical (unpaired) electrons. The number of amides is 3. The van der Waals surface area contributed by atoms with Crippen molar-refractivity contribution in [3.8, 4) is 5.75 Å². The monoisotopic (exact) mass is 462 g/mol. The topological polar surface area (TPSA) is 115 Å². The third kappa shape index (κ3) is 4.93. The van der Waals surface area contributed by atoms with E-state index in [4.69, 9.17) is 15.2 Å². The van der Waals surface area contributed by atoms with Crippen LogP contribution in [-0.2, 0) is 22.6 Å². The fraction of sp³-hybridized carbons (Fsp3) is 0.280. The summed E-state index contributed by atoms with van der Waals surface area (Å²) in [6, 6.07) is 16.7. The van der Waals surface area contributed by atoms with Gasteiger partial charge in [0.2, 0.25) is 5.91 Å². The van der Waals surface area contributed by atoms with Crippen LogP contribution in [0.1, 0.15) is 21.6 Å². The number of ether oxygens (including phenoxy) is 2. The predicted octanol–water partition coefficient (Wildman–Crippen LogP) is 2.37. The predicted molar refractivity (Wildman–Crippen MR) is 125 cm³/mol. The van der Waals surface area contributed by atoms with Gasteiger partial charge in [-0.3, -0.25) is 14.6 Å². The number of para-hydroxylation sites is 1. The van der Waals surface area contributed by atoms with Gasteiger partial charge in [0.25, 0.3) is 5.91 Å². The number of fused-ring (bicyclic) bond motifs is 1. The number of benzene rings is 2. The summed E-state index contributed by atoms with van der Waals surface area (Å²) in [4.78, 5) is 45.4. The zero-order valence-corrected chi connectivity index (χ0v) is 18.9. The SMILES string of the molecule is COc1c(C(N)=O)c(CC(=O)N2CCN(C(=O)OCc3ccccc3)CC2)nc2ccccc12. The zero-order chi connectivity index (χ0) is 24.1. The summed E-state index contributed by atoms with van der Waals surface area (Å²) in [5.41, 5.74) is 7.52. The Morgan fingerprint density at radius 3 is 2.26 bits per heavy atom. The Balaban J connectivity index is 1.41. The minimum atomic E-state index is -0.705. The summed E-state index contributed by atoms with van der Waals surface area (Å²) in [6.45, 7) is 1.63. The number of rotatable bonds is 6. The van der Waals surface area contributed by atoms with Gasteiger partial charge in [-0.25, -0.2) is 4.79 Å². The van der Waals surface area contributed by atoms with Gasteiger partial charge in [0, 0.05) is 31.6 Å². The second-order valence-electron chi connectivity index (χ2n) is 7.93. The number of carbonyl (C=O) groups is 3. The number of hydrogen-bond acceptors (Lipinski definition) is 6. The lowest BCUT2D eigenvalue weighted by Crippen LogP contribution is -2.51. The first-order valence-corrected chi connectivity index (χ1v) is 11.0. The standard InChI is InChI=1S/C25H26N4O5/c1-33-23-18-9-5-6-10-19(18)27-20(22(23)24(26)31)15-21(30)28-11-13-29(14-12-28)25(32)34-16-17-7-3-2-4-8-17/h2-10H,11-16H2,1H3,(H2,26,31). The number of primary amides is 1. The van der Waals surface area contributed by atoms with Gasteiger partial charge in [-0.1, -0.05) is 42.5 Å². The van der Waals surface area contributed by atoms with Gasteiger partial charge in [-0.05, 0) is 17.7 Å². The van der Waals surface area contributed by atoms with Gasteiger partial charge >= 0.3 is 6.09 Å². The Kier molecular flexibility index (Phi) is 6.91. The Bertz CT molecular complexity index is 1210. The minimum Gasteiger partial charge on any atom is -0.495 e. The summed E-state index contributed by atoms with van der Waals surface area (Å²) in [5, 5.41) is 0.651. The van der Waals surface area contributed by atoms with E-state index in [1.54, 1.807) is 21.9 Å². The Hall–Kier alpha value is -4.14. The first-order valence-electron chi connectivity index (χ1n) is 11.0. The molecule has 0 atom stereocenters. The van der Waals surface area contributed by atoms with Crippen LogP contribution in [0.25, 0.3) is 10.9 Å². The highest BCUT2D eigenvalue weighted by molar-refractivity contribution is 6.03. The number of pyridine rings is 1. The maximum Gasteiger partial charge on any atom is 0.410 e. The van der Waals surface area contributed by atoms with Gasteiger partial charge in [0.15, 0.2) is 0 Å². The highest BCUT2D eigenvalue weighted by atomic mass is 16.6. The quantitative estimate of drug-likeness (QED) is 0.601. The molecule has 34 heavy (non-hydrogen) atoms. The number of carbonyl (C=O) groups excluding carboxylic acids is 3. The lowest BCUT2D eigenvalue weighted by atomic mass is 10.0. The smallest absolute Gasteiger partial charge is 0.410 e. The maximum absolute atomic E-state index is 13.0. The molecule has 2 heterocycles. The van der Waals surface area contributed by atoms with Crippen LogP contribution in [0, 0.1) is 0 Å². The minimum absolute atomic E-state index is 0.0993. The van der Waals surface area contributed by atoms with Crippen LogP contribution >= 0.6 is 0 Å². The largest absolute Gasteiger partial charge is 0.495 e.